The molecule has 1 heterocycles. The Kier molecular flexibility index (Phi) is 7.20. The van der Waals surface area contributed by atoms with Crippen LogP contribution in [0.15, 0.2) is 30.3 Å². The first-order valence-electron chi connectivity index (χ1n) is 9.19. The van der Waals surface area contributed by atoms with Crippen LogP contribution >= 0.6 is 23.2 Å². The first kappa shape index (κ1) is 25.2. The largest absolute Gasteiger partial charge is 0.573 e. The number of anilines is 1. The first-order valence-corrected chi connectivity index (χ1v) is 11.8. The molecule has 180 valence electrons. The molecule has 0 radical (unpaired) electrons. The molecule has 2 aromatic rings. The Labute approximate surface area is 196 Å². The summed E-state index contributed by atoms with van der Waals surface area (Å²) in [5, 5.41) is -0.641. The van der Waals surface area contributed by atoms with Gasteiger partial charge >= 0.3 is 6.36 Å². The predicted octanol–water partition coefficient (Wildman–Crippen LogP) is 4.38. The van der Waals surface area contributed by atoms with Crippen molar-refractivity contribution in [1.29, 1.82) is 0 Å². The lowest BCUT2D eigenvalue weighted by Gasteiger charge is -2.42. The van der Waals surface area contributed by atoms with Gasteiger partial charge in [0.2, 0.25) is 10.0 Å². The number of alkyl halides is 3. The van der Waals surface area contributed by atoms with E-state index in [1.165, 1.54) is 12.1 Å². The first-order chi connectivity index (χ1) is 15.2. The van der Waals surface area contributed by atoms with Gasteiger partial charge in [-0.25, -0.2) is 17.5 Å². The van der Waals surface area contributed by atoms with Gasteiger partial charge in [-0.1, -0.05) is 23.2 Å². The van der Waals surface area contributed by atoms with Crippen molar-refractivity contribution >= 4 is 44.8 Å². The van der Waals surface area contributed by atoms with E-state index in [0.717, 1.165) is 24.5 Å². The van der Waals surface area contributed by atoms with Crippen molar-refractivity contribution in [3.05, 3.63) is 51.8 Å². The molecule has 3 rings (SSSR count). The summed E-state index contributed by atoms with van der Waals surface area (Å²) in [5.74, 6) is -2.69. The SMILES string of the molecule is CS(=O)(=O)NC(=O)c1cc(Cl)c(F)cc1OCC1CCN1c1ccc(OC(F)(F)F)c(Cl)c1. The molecule has 1 saturated heterocycles. The van der Waals surface area contributed by atoms with E-state index in [4.69, 9.17) is 27.9 Å². The summed E-state index contributed by atoms with van der Waals surface area (Å²) in [5.41, 5.74) is 0.223. The summed E-state index contributed by atoms with van der Waals surface area (Å²) in [6.45, 7) is 0.499. The van der Waals surface area contributed by atoms with E-state index in [0.29, 0.717) is 18.7 Å². The van der Waals surface area contributed by atoms with E-state index in [9.17, 15) is 30.8 Å². The highest BCUT2D eigenvalue weighted by molar-refractivity contribution is 7.89. The number of sulfonamides is 1. The van der Waals surface area contributed by atoms with E-state index in [2.05, 4.69) is 4.74 Å². The quantitative estimate of drug-likeness (QED) is 0.535. The molecule has 2 aromatic carbocycles. The molecule has 1 N–H and O–H groups in total. The van der Waals surface area contributed by atoms with Crippen LogP contribution in [0.25, 0.3) is 0 Å². The second-order valence-corrected chi connectivity index (χ2v) is 9.64. The highest BCUT2D eigenvalue weighted by Gasteiger charge is 2.33. The van der Waals surface area contributed by atoms with Crippen LogP contribution in [0.4, 0.5) is 23.2 Å². The van der Waals surface area contributed by atoms with Gasteiger partial charge in [-0.2, -0.15) is 0 Å². The predicted molar refractivity (Wildman–Crippen MR) is 113 cm³/mol. The summed E-state index contributed by atoms with van der Waals surface area (Å²) in [4.78, 5) is 14.0. The van der Waals surface area contributed by atoms with Crippen molar-refractivity contribution in [2.45, 2.75) is 18.8 Å². The van der Waals surface area contributed by atoms with E-state index in [-0.39, 0.29) is 29.0 Å². The number of amides is 1. The lowest BCUT2D eigenvalue weighted by atomic mass is 10.0. The summed E-state index contributed by atoms with van der Waals surface area (Å²) in [6, 6.07) is 5.32. The minimum atomic E-state index is -4.88. The van der Waals surface area contributed by atoms with Crippen LogP contribution in [-0.2, 0) is 10.0 Å². The number of benzene rings is 2. The van der Waals surface area contributed by atoms with Crippen LogP contribution < -0.4 is 19.1 Å². The van der Waals surface area contributed by atoms with E-state index in [1.807, 2.05) is 0 Å². The fourth-order valence-electron chi connectivity index (χ4n) is 3.06. The van der Waals surface area contributed by atoms with Crippen molar-refractivity contribution in [1.82, 2.24) is 4.72 Å². The molecule has 33 heavy (non-hydrogen) atoms. The number of hydrogen-bond donors (Lipinski definition) is 1. The fraction of sp³-hybridized carbons (Fsp3) is 0.316. The monoisotopic (exact) mass is 530 g/mol. The van der Waals surface area contributed by atoms with Gasteiger partial charge in [0, 0.05) is 18.3 Å². The van der Waals surface area contributed by atoms with Gasteiger partial charge in [0.05, 0.1) is 27.9 Å². The maximum Gasteiger partial charge on any atom is 0.573 e. The molecule has 7 nitrogen and oxygen atoms in total. The summed E-state index contributed by atoms with van der Waals surface area (Å²) in [7, 11) is -3.89. The molecule has 14 heteroatoms. The van der Waals surface area contributed by atoms with Crippen LogP contribution in [0.1, 0.15) is 16.8 Å². The number of nitrogens with zero attached hydrogens (tertiary/aromatic N) is 1. The molecular weight excluding hydrogens is 515 g/mol. The summed E-state index contributed by atoms with van der Waals surface area (Å²) in [6.07, 6.45) is -3.48. The van der Waals surface area contributed by atoms with Gasteiger partial charge in [0.25, 0.3) is 5.91 Å². The number of halogens is 6. The van der Waals surface area contributed by atoms with Gasteiger partial charge in [0.1, 0.15) is 23.9 Å². The molecule has 0 aliphatic carbocycles. The van der Waals surface area contributed by atoms with Crippen LogP contribution in [-0.4, -0.2) is 46.1 Å². The van der Waals surface area contributed by atoms with Gasteiger partial charge in [0.15, 0.2) is 0 Å². The third kappa shape index (κ3) is 6.55. The van der Waals surface area contributed by atoms with E-state index in [1.54, 1.807) is 9.62 Å². The van der Waals surface area contributed by atoms with Crippen molar-refractivity contribution in [2.75, 3.05) is 24.3 Å². The topological polar surface area (TPSA) is 84.9 Å². The Morgan fingerprint density at radius 1 is 1.18 bits per heavy atom. The number of rotatable bonds is 7. The molecule has 1 aliphatic rings. The number of carbonyl (C=O) groups excluding carboxylic acids is 1. The smallest absolute Gasteiger partial charge is 0.490 e. The Morgan fingerprint density at radius 2 is 1.88 bits per heavy atom. The van der Waals surface area contributed by atoms with Gasteiger partial charge in [-0.3, -0.25) is 4.79 Å². The molecule has 1 amide bonds. The maximum absolute atomic E-state index is 13.9. The second-order valence-electron chi connectivity index (χ2n) is 7.08. The molecule has 0 aromatic heterocycles. The Bertz CT molecular complexity index is 1180. The number of carbonyl (C=O) groups is 1. The molecule has 1 aliphatic heterocycles. The fourth-order valence-corrected chi connectivity index (χ4v) is 3.89. The van der Waals surface area contributed by atoms with Gasteiger partial charge in [-0.05, 0) is 30.7 Å². The zero-order valence-electron chi connectivity index (χ0n) is 16.7. The van der Waals surface area contributed by atoms with Crippen molar-refractivity contribution < 1.29 is 40.2 Å². The molecule has 0 spiro atoms. The van der Waals surface area contributed by atoms with Gasteiger partial charge < -0.3 is 14.4 Å². The summed E-state index contributed by atoms with van der Waals surface area (Å²) >= 11 is 11.6. The van der Waals surface area contributed by atoms with Crippen molar-refractivity contribution in [3.63, 3.8) is 0 Å². The van der Waals surface area contributed by atoms with Crippen molar-refractivity contribution in [2.24, 2.45) is 0 Å². The third-order valence-corrected chi connectivity index (χ3v) is 5.73. The normalized spacial score (nSPS) is 16.2. The number of ether oxygens (including phenoxy) is 2. The standard InChI is InChI=1S/C19H16Cl2F4N2O5S/c1-33(29,30)26-18(28)12-7-13(20)15(22)8-17(12)31-9-11-4-5-27(11)10-2-3-16(14(21)6-10)32-19(23,24)25/h2-3,6-8,11H,4-5,9H2,1H3,(H,26,28). The van der Waals surface area contributed by atoms with Crippen molar-refractivity contribution in [3.8, 4) is 11.5 Å². The third-order valence-electron chi connectivity index (χ3n) is 4.59. The lowest BCUT2D eigenvalue weighted by Crippen LogP contribution is -2.51. The molecule has 0 bridgehead atoms. The highest BCUT2D eigenvalue weighted by atomic mass is 35.5. The minimum Gasteiger partial charge on any atom is -0.490 e. The summed E-state index contributed by atoms with van der Waals surface area (Å²) < 4.78 is 85.1. The van der Waals surface area contributed by atoms with Gasteiger partial charge in [-0.15, -0.1) is 13.2 Å². The Balaban J connectivity index is 1.74. The van der Waals surface area contributed by atoms with E-state index >= 15 is 0 Å². The Morgan fingerprint density at radius 3 is 2.42 bits per heavy atom. The average Bonchev–Trinajstić information content (AvgIpc) is 2.63. The van der Waals surface area contributed by atoms with E-state index < -0.39 is 38.9 Å². The van der Waals surface area contributed by atoms with Crippen LogP contribution in [0.3, 0.4) is 0 Å². The molecule has 1 unspecified atom stereocenters. The number of hydrogen-bond acceptors (Lipinski definition) is 6. The number of nitrogens with one attached hydrogen (secondary N) is 1. The maximum atomic E-state index is 13.9. The molecule has 1 atom stereocenters. The Hall–Kier alpha value is -2.44. The van der Waals surface area contributed by atoms with Crippen LogP contribution in [0, 0.1) is 5.82 Å². The molecular formula is C19H16Cl2F4N2O5S. The molecule has 0 saturated carbocycles. The second kappa shape index (κ2) is 9.43. The van der Waals surface area contributed by atoms with Crippen LogP contribution in [0.2, 0.25) is 10.0 Å². The zero-order valence-corrected chi connectivity index (χ0v) is 19.1. The zero-order chi connectivity index (χ0) is 24.6. The highest BCUT2D eigenvalue weighted by Crippen LogP contribution is 2.36. The minimum absolute atomic E-state index is 0.0430. The van der Waals surface area contributed by atoms with Crippen LogP contribution in [0.5, 0.6) is 11.5 Å². The average molecular weight is 531 g/mol. The molecule has 1 fully saturated rings. The lowest BCUT2D eigenvalue weighted by molar-refractivity contribution is -0.274.